The molecule has 0 unspecified atom stereocenters. The monoisotopic (exact) mass is 476 g/mol. The van der Waals surface area contributed by atoms with Crippen molar-refractivity contribution >= 4 is 33.5 Å². The second kappa shape index (κ2) is 13.4. The summed E-state index contributed by atoms with van der Waals surface area (Å²) in [5.41, 5.74) is 3.23. The van der Waals surface area contributed by atoms with Gasteiger partial charge in [0, 0.05) is 11.1 Å². The summed E-state index contributed by atoms with van der Waals surface area (Å²) >= 11 is 0. The Kier molecular flexibility index (Phi) is 11.3. The fourth-order valence-electron chi connectivity index (χ4n) is 3.01. The first-order valence-electron chi connectivity index (χ1n) is 10.2. The van der Waals surface area contributed by atoms with Gasteiger partial charge in [-0.1, -0.05) is 25.3 Å². The molecule has 0 aliphatic rings. The molecule has 0 atom stereocenters. The van der Waals surface area contributed by atoms with E-state index in [1.165, 1.54) is 46.5 Å². The van der Waals surface area contributed by atoms with E-state index in [0.717, 1.165) is 12.8 Å². The van der Waals surface area contributed by atoms with Gasteiger partial charge >= 0.3 is 33.7 Å². The molecule has 168 valence electrons. The summed E-state index contributed by atoms with van der Waals surface area (Å²) in [5.74, 6) is -1.87. The van der Waals surface area contributed by atoms with Gasteiger partial charge in [0.05, 0.1) is 0 Å². The largest absolute Gasteiger partial charge is 2.00 e. The number of hydrogen-bond donors (Lipinski definition) is 2. The SMILES string of the molecule is C=C(C)C(=O)O.C=C(C)C(=O)O.[Ti+2].c1ccc2[cH-]c(CCc3cc4ccccc4[cH-]3)cc2c1. The minimum absolute atomic E-state index is 0. The van der Waals surface area contributed by atoms with E-state index in [1.807, 2.05) is 0 Å². The van der Waals surface area contributed by atoms with E-state index in [1.54, 1.807) is 0 Å². The van der Waals surface area contributed by atoms with Gasteiger partial charge in [-0.05, 0) is 26.7 Å². The molecule has 0 heterocycles. The Morgan fingerprint density at radius 3 is 1.30 bits per heavy atom. The topological polar surface area (TPSA) is 74.6 Å². The Morgan fingerprint density at radius 2 is 1.03 bits per heavy atom. The van der Waals surface area contributed by atoms with Crippen molar-refractivity contribution in [2.45, 2.75) is 26.7 Å². The first kappa shape index (κ1) is 27.8. The van der Waals surface area contributed by atoms with E-state index in [2.05, 4.69) is 86.0 Å². The van der Waals surface area contributed by atoms with E-state index >= 15 is 0 Å². The summed E-state index contributed by atoms with van der Waals surface area (Å²) in [6.45, 7) is 9.20. The Bertz CT molecular complexity index is 1060. The van der Waals surface area contributed by atoms with Crippen LogP contribution in [-0.4, -0.2) is 22.2 Å². The van der Waals surface area contributed by atoms with Gasteiger partial charge in [-0.15, -0.1) is 81.2 Å². The van der Waals surface area contributed by atoms with Crippen LogP contribution in [0.25, 0.3) is 21.5 Å². The van der Waals surface area contributed by atoms with E-state index in [4.69, 9.17) is 10.2 Å². The summed E-state index contributed by atoms with van der Waals surface area (Å²) in [6.07, 6.45) is 2.23. The summed E-state index contributed by atoms with van der Waals surface area (Å²) in [6, 6.07) is 26.5. The fraction of sp³-hybridized carbons (Fsp3) is 0.143. The number of fused-ring (bicyclic) bond motifs is 2. The van der Waals surface area contributed by atoms with Gasteiger partial charge in [-0.2, -0.15) is 12.1 Å². The van der Waals surface area contributed by atoms with Crippen LogP contribution in [0.3, 0.4) is 0 Å². The predicted molar refractivity (Wildman–Crippen MR) is 131 cm³/mol. The first-order chi connectivity index (χ1) is 15.2. The predicted octanol–water partition coefficient (Wildman–Crippen LogP) is 6.51. The molecule has 2 N–H and O–H groups in total. The minimum atomic E-state index is -0.935. The first-order valence-corrected chi connectivity index (χ1v) is 10.2. The van der Waals surface area contributed by atoms with Crippen LogP contribution in [0.5, 0.6) is 0 Å². The molecule has 0 aliphatic carbocycles. The summed E-state index contributed by atoms with van der Waals surface area (Å²) in [5, 5.41) is 21.2. The third-order valence-electron chi connectivity index (χ3n) is 4.79. The van der Waals surface area contributed by atoms with Gasteiger partial charge in [0.15, 0.2) is 0 Å². The molecule has 0 aliphatic heterocycles. The molecule has 33 heavy (non-hydrogen) atoms. The molecule has 0 aromatic heterocycles. The Balaban J connectivity index is 0.000000353. The third-order valence-corrected chi connectivity index (χ3v) is 4.79. The maximum atomic E-state index is 9.60. The van der Waals surface area contributed by atoms with Gasteiger partial charge in [-0.25, -0.2) is 9.59 Å². The molecule has 0 radical (unpaired) electrons. The third kappa shape index (κ3) is 9.05. The van der Waals surface area contributed by atoms with Crippen molar-refractivity contribution in [1.82, 2.24) is 0 Å². The molecule has 4 aromatic carbocycles. The van der Waals surface area contributed by atoms with Crippen LogP contribution in [0.1, 0.15) is 25.0 Å². The maximum absolute atomic E-state index is 9.60. The van der Waals surface area contributed by atoms with Crippen LogP contribution >= 0.6 is 0 Å². The minimum Gasteiger partial charge on any atom is -0.478 e. The van der Waals surface area contributed by atoms with Crippen molar-refractivity contribution in [2.75, 3.05) is 0 Å². The molecular formula is C28H28O4Ti. The van der Waals surface area contributed by atoms with Gasteiger partial charge < -0.3 is 10.2 Å². The summed E-state index contributed by atoms with van der Waals surface area (Å²) < 4.78 is 0. The van der Waals surface area contributed by atoms with Crippen LogP contribution in [0.2, 0.25) is 0 Å². The van der Waals surface area contributed by atoms with Crippen LogP contribution in [0, 0.1) is 0 Å². The quantitative estimate of drug-likeness (QED) is 0.196. The number of aryl methyl sites for hydroxylation is 2. The smallest absolute Gasteiger partial charge is 0.478 e. The average Bonchev–Trinajstić information content (AvgIpc) is 3.36. The van der Waals surface area contributed by atoms with Crippen molar-refractivity contribution in [3.8, 4) is 0 Å². The van der Waals surface area contributed by atoms with Gasteiger partial charge in [0.2, 0.25) is 0 Å². The fourth-order valence-corrected chi connectivity index (χ4v) is 3.01. The van der Waals surface area contributed by atoms with Gasteiger partial charge in [0.25, 0.3) is 0 Å². The zero-order valence-corrected chi connectivity index (χ0v) is 20.5. The molecule has 5 heteroatoms. The maximum Gasteiger partial charge on any atom is 2.00 e. The van der Waals surface area contributed by atoms with Crippen molar-refractivity contribution in [3.63, 3.8) is 0 Å². The second-order valence-corrected chi connectivity index (χ2v) is 7.66. The van der Waals surface area contributed by atoms with E-state index < -0.39 is 11.9 Å². The standard InChI is InChI=1S/C20H16.2C4H6O2.Ti/c1-2-6-18-12-15(11-17(18)5-1)9-10-16-13-19-7-3-4-8-20(19)14-16;2*1-3(2)4(5)6;/h1-8,11-14H,9-10H2;2*1H2,2H3,(H,5,6);/q-2;;;+2. The number of benzene rings is 2. The van der Waals surface area contributed by atoms with Crippen molar-refractivity contribution in [2.24, 2.45) is 0 Å². The molecule has 0 saturated heterocycles. The second-order valence-electron chi connectivity index (χ2n) is 7.66. The molecule has 0 bridgehead atoms. The number of carbonyl (C=O) groups is 2. The summed E-state index contributed by atoms with van der Waals surface area (Å²) in [4.78, 5) is 19.2. The number of hydrogen-bond acceptors (Lipinski definition) is 2. The number of carboxylic acid groups (broad SMARTS) is 2. The number of rotatable bonds is 5. The molecule has 4 rings (SSSR count). The van der Waals surface area contributed by atoms with Crippen molar-refractivity contribution in [1.29, 1.82) is 0 Å². The van der Waals surface area contributed by atoms with Crippen molar-refractivity contribution in [3.05, 3.63) is 108 Å². The number of carboxylic acids is 2. The van der Waals surface area contributed by atoms with E-state index in [0.29, 0.717) is 0 Å². The zero-order valence-electron chi connectivity index (χ0n) is 19.0. The molecule has 0 fully saturated rings. The molecule has 0 saturated carbocycles. The Hall–Kier alpha value is -3.21. The molecule has 0 spiro atoms. The van der Waals surface area contributed by atoms with Crippen LogP contribution in [-0.2, 0) is 44.1 Å². The number of aliphatic carboxylic acids is 2. The van der Waals surface area contributed by atoms with Gasteiger partial charge in [0.1, 0.15) is 0 Å². The van der Waals surface area contributed by atoms with Crippen LogP contribution in [0.15, 0.2) is 97.1 Å². The molecule has 4 nitrogen and oxygen atoms in total. The van der Waals surface area contributed by atoms with Gasteiger partial charge in [-0.3, -0.25) is 0 Å². The molecule has 4 aromatic rings. The normalized spacial score (nSPS) is 9.64. The molecular weight excluding hydrogens is 448 g/mol. The van der Waals surface area contributed by atoms with Crippen LogP contribution in [0.4, 0.5) is 0 Å². The van der Waals surface area contributed by atoms with Crippen molar-refractivity contribution < 1.29 is 41.5 Å². The average molecular weight is 476 g/mol. The Labute approximate surface area is 209 Å². The van der Waals surface area contributed by atoms with E-state index in [9.17, 15) is 9.59 Å². The molecule has 0 amide bonds. The zero-order chi connectivity index (χ0) is 23.7. The summed E-state index contributed by atoms with van der Waals surface area (Å²) in [7, 11) is 0. The van der Waals surface area contributed by atoms with E-state index in [-0.39, 0.29) is 32.9 Å². The van der Waals surface area contributed by atoms with Crippen LogP contribution < -0.4 is 0 Å². The Morgan fingerprint density at radius 1 is 0.727 bits per heavy atom.